The Hall–Kier alpha value is -0.520. The zero-order valence-corrected chi connectivity index (χ0v) is 9.47. The van der Waals surface area contributed by atoms with E-state index in [0.717, 1.165) is 6.42 Å². The van der Waals surface area contributed by atoms with Crippen LogP contribution in [0.5, 0.6) is 0 Å². The summed E-state index contributed by atoms with van der Waals surface area (Å²) in [6, 6.07) is 0.514. The maximum atomic E-state index is 5.45. The third-order valence-electron chi connectivity index (χ3n) is 2.89. The Morgan fingerprint density at radius 1 is 1.43 bits per heavy atom. The molecule has 0 aromatic heterocycles. The fourth-order valence-corrected chi connectivity index (χ4v) is 2.04. The molecule has 1 saturated carbocycles. The predicted molar refractivity (Wildman–Crippen MR) is 59.1 cm³/mol. The van der Waals surface area contributed by atoms with Gasteiger partial charge in [-0.15, -0.1) is 6.42 Å². The Morgan fingerprint density at radius 3 is 2.71 bits per heavy atom. The molecule has 2 nitrogen and oxygen atoms in total. The molecule has 1 N–H and O–H groups in total. The van der Waals surface area contributed by atoms with Crippen LogP contribution in [0.1, 0.15) is 39.5 Å². The highest BCUT2D eigenvalue weighted by molar-refractivity contribution is 5.08. The van der Waals surface area contributed by atoms with Crippen LogP contribution in [0.15, 0.2) is 0 Å². The Balaban J connectivity index is 2.42. The van der Waals surface area contributed by atoms with E-state index in [1.54, 1.807) is 7.11 Å². The van der Waals surface area contributed by atoms with E-state index in [-0.39, 0.29) is 5.54 Å². The third-order valence-corrected chi connectivity index (χ3v) is 2.89. The Kier molecular flexibility index (Phi) is 3.97. The summed E-state index contributed by atoms with van der Waals surface area (Å²) in [6.07, 6.45) is 10.6. The summed E-state index contributed by atoms with van der Waals surface area (Å²) in [5, 5.41) is 3.49. The smallest absolute Gasteiger partial charge is 0.0743 e. The number of terminal acetylenes is 1. The number of methoxy groups -OCH3 is 1. The summed E-state index contributed by atoms with van der Waals surface area (Å²) in [7, 11) is 1.79. The molecule has 1 aliphatic rings. The molecule has 0 radical (unpaired) electrons. The lowest BCUT2D eigenvalue weighted by Gasteiger charge is -2.33. The SMILES string of the molecule is C#CC(C)(C)NC1CCCC(OC)C1. The van der Waals surface area contributed by atoms with Crippen molar-refractivity contribution in [2.75, 3.05) is 7.11 Å². The van der Waals surface area contributed by atoms with Crippen LogP contribution in [0.3, 0.4) is 0 Å². The zero-order chi connectivity index (χ0) is 10.6. The Bertz CT molecular complexity index is 217. The van der Waals surface area contributed by atoms with Gasteiger partial charge in [-0.2, -0.15) is 0 Å². The van der Waals surface area contributed by atoms with Crippen LogP contribution in [0.2, 0.25) is 0 Å². The molecule has 2 unspecified atom stereocenters. The second-order valence-corrected chi connectivity index (χ2v) is 4.63. The van der Waals surface area contributed by atoms with E-state index in [2.05, 4.69) is 11.2 Å². The molecule has 80 valence electrons. The van der Waals surface area contributed by atoms with Crippen LogP contribution in [0, 0.1) is 12.3 Å². The van der Waals surface area contributed by atoms with Gasteiger partial charge in [-0.3, -0.25) is 5.32 Å². The lowest BCUT2D eigenvalue weighted by Crippen LogP contribution is -2.47. The Morgan fingerprint density at radius 2 is 2.14 bits per heavy atom. The van der Waals surface area contributed by atoms with Crippen molar-refractivity contribution in [2.24, 2.45) is 0 Å². The van der Waals surface area contributed by atoms with Crippen molar-refractivity contribution in [3.8, 4) is 12.3 Å². The molecule has 0 spiro atoms. The summed E-state index contributed by atoms with van der Waals surface area (Å²) in [4.78, 5) is 0. The van der Waals surface area contributed by atoms with Crippen LogP contribution in [-0.4, -0.2) is 24.8 Å². The monoisotopic (exact) mass is 195 g/mol. The van der Waals surface area contributed by atoms with E-state index in [0.29, 0.717) is 12.1 Å². The van der Waals surface area contributed by atoms with E-state index in [1.807, 2.05) is 13.8 Å². The number of rotatable bonds is 3. The van der Waals surface area contributed by atoms with Crippen molar-refractivity contribution in [3.63, 3.8) is 0 Å². The maximum Gasteiger partial charge on any atom is 0.0743 e. The molecule has 2 heteroatoms. The fraction of sp³-hybridized carbons (Fsp3) is 0.833. The van der Waals surface area contributed by atoms with E-state index >= 15 is 0 Å². The first-order valence-corrected chi connectivity index (χ1v) is 5.35. The van der Waals surface area contributed by atoms with Gasteiger partial charge in [0.05, 0.1) is 11.6 Å². The molecule has 14 heavy (non-hydrogen) atoms. The normalized spacial score (nSPS) is 28.4. The van der Waals surface area contributed by atoms with Gasteiger partial charge in [0.2, 0.25) is 0 Å². The molecule has 0 amide bonds. The average Bonchev–Trinajstić information content (AvgIpc) is 2.17. The molecule has 0 bridgehead atoms. The maximum absolute atomic E-state index is 5.45. The highest BCUT2D eigenvalue weighted by atomic mass is 16.5. The molecule has 0 saturated heterocycles. The van der Waals surface area contributed by atoms with Gasteiger partial charge in [-0.25, -0.2) is 0 Å². The van der Waals surface area contributed by atoms with Crippen LogP contribution in [0.4, 0.5) is 0 Å². The summed E-state index contributed by atoms with van der Waals surface area (Å²) >= 11 is 0. The number of hydrogen-bond acceptors (Lipinski definition) is 2. The number of ether oxygens (including phenoxy) is 1. The predicted octanol–water partition coefficient (Wildman–Crippen LogP) is 1.95. The summed E-state index contributed by atoms with van der Waals surface area (Å²) in [5.41, 5.74) is -0.194. The largest absolute Gasteiger partial charge is 0.381 e. The van der Waals surface area contributed by atoms with Crippen molar-refractivity contribution in [3.05, 3.63) is 0 Å². The van der Waals surface area contributed by atoms with Gasteiger partial charge in [0.25, 0.3) is 0 Å². The first kappa shape index (κ1) is 11.6. The van der Waals surface area contributed by atoms with Crippen molar-refractivity contribution in [2.45, 2.75) is 57.2 Å². The topological polar surface area (TPSA) is 21.3 Å². The van der Waals surface area contributed by atoms with Crippen LogP contribution < -0.4 is 5.32 Å². The first-order valence-electron chi connectivity index (χ1n) is 5.35. The van der Waals surface area contributed by atoms with E-state index in [9.17, 15) is 0 Å². The molecular formula is C12H21NO. The van der Waals surface area contributed by atoms with Crippen molar-refractivity contribution in [1.82, 2.24) is 5.32 Å². The number of nitrogens with one attached hydrogen (secondary N) is 1. The third kappa shape index (κ3) is 3.32. The quantitative estimate of drug-likeness (QED) is 0.695. The summed E-state index contributed by atoms with van der Waals surface area (Å²) in [6.45, 7) is 4.09. The molecule has 0 aromatic rings. The Labute approximate surface area is 87.4 Å². The average molecular weight is 195 g/mol. The molecule has 0 aromatic carbocycles. The second-order valence-electron chi connectivity index (χ2n) is 4.63. The minimum absolute atomic E-state index is 0.194. The molecule has 1 fully saturated rings. The summed E-state index contributed by atoms with van der Waals surface area (Å²) in [5.74, 6) is 2.77. The van der Waals surface area contributed by atoms with Crippen LogP contribution in [0.25, 0.3) is 0 Å². The van der Waals surface area contributed by atoms with E-state index < -0.39 is 0 Å². The van der Waals surface area contributed by atoms with Crippen molar-refractivity contribution in [1.29, 1.82) is 0 Å². The molecule has 0 aliphatic heterocycles. The van der Waals surface area contributed by atoms with Crippen molar-refractivity contribution >= 4 is 0 Å². The van der Waals surface area contributed by atoms with Gasteiger partial charge in [-0.05, 0) is 39.5 Å². The van der Waals surface area contributed by atoms with Crippen LogP contribution >= 0.6 is 0 Å². The van der Waals surface area contributed by atoms with Gasteiger partial charge in [0, 0.05) is 13.2 Å². The second kappa shape index (κ2) is 4.82. The van der Waals surface area contributed by atoms with E-state index in [1.165, 1.54) is 19.3 Å². The van der Waals surface area contributed by atoms with Gasteiger partial charge in [0.15, 0.2) is 0 Å². The van der Waals surface area contributed by atoms with Gasteiger partial charge < -0.3 is 4.74 Å². The first-order chi connectivity index (χ1) is 6.57. The standard InChI is InChI=1S/C12H21NO/c1-5-12(2,3)13-10-7-6-8-11(9-10)14-4/h1,10-11,13H,6-9H2,2-4H3. The van der Waals surface area contributed by atoms with Gasteiger partial charge in [-0.1, -0.05) is 5.92 Å². The highest BCUT2D eigenvalue weighted by Gasteiger charge is 2.25. The number of hydrogen-bond donors (Lipinski definition) is 1. The zero-order valence-electron chi connectivity index (χ0n) is 9.47. The highest BCUT2D eigenvalue weighted by Crippen LogP contribution is 2.22. The van der Waals surface area contributed by atoms with E-state index in [4.69, 9.17) is 11.2 Å². The minimum Gasteiger partial charge on any atom is -0.381 e. The lowest BCUT2D eigenvalue weighted by molar-refractivity contribution is 0.0560. The lowest BCUT2D eigenvalue weighted by atomic mass is 9.91. The molecule has 0 heterocycles. The summed E-state index contributed by atoms with van der Waals surface area (Å²) < 4.78 is 5.38. The fourth-order valence-electron chi connectivity index (χ4n) is 2.04. The molecule has 1 aliphatic carbocycles. The molecule has 1 rings (SSSR count). The molecule has 2 atom stereocenters. The van der Waals surface area contributed by atoms with Gasteiger partial charge >= 0.3 is 0 Å². The van der Waals surface area contributed by atoms with Crippen LogP contribution in [-0.2, 0) is 4.74 Å². The van der Waals surface area contributed by atoms with Gasteiger partial charge in [0.1, 0.15) is 0 Å². The molecular weight excluding hydrogens is 174 g/mol. The van der Waals surface area contributed by atoms with Crippen molar-refractivity contribution < 1.29 is 4.74 Å². The minimum atomic E-state index is -0.194.